The van der Waals surface area contributed by atoms with E-state index in [1.807, 2.05) is 56.3 Å². The number of nitrogens with one attached hydrogen (secondary N) is 1. The second-order valence-electron chi connectivity index (χ2n) is 4.95. The van der Waals surface area contributed by atoms with E-state index >= 15 is 0 Å². The lowest BCUT2D eigenvalue weighted by Gasteiger charge is -2.06. The van der Waals surface area contributed by atoms with E-state index in [4.69, 9.17) is 0 Å². The van der Waals surface area contributed by atoms with Gasteiger partial charge in [0.05, 0.1) is 12.6 Å². The molecule has 2 aromatic rings. The van der Waals surface area contributed by atoms with Crippen LogP contribution in [0.25, 0.3) is 0 Å². The van der Waals surface area contributed by atoms with Gasteiger partial charge >= 0.3 is 0 Å². The van der Waals surface area contributed by atoms with Gasteiger partial charge in [0.1, 0.15) is 0 Å². The van der Waals surface area contributed by atoms with Crippen molar-refractivity contribution in [3.63, 3.8) is 0 Å². The summed E-state index contributed by atoms with van der Waals surface area (Å²) in [6.45, 7) is 4.03. The Balaban J connectivity index is 1.94. The molecule has 0 heterocycles. The van der Waals surface area contributed by atoms with Crippen molar-refractivity contribution in [3.05, 3.63) is 68.3 Å². The van der Waals surface area contributed by atoms with Gasteiger partial charge in [-0.05, 0) is 65.3 Å². The highest BCUT2D eigenvalue weighted by Crippen LogP contribution is 2.11. The summed E-state index contributed by atoms with van der Waals surface area (Å²) in [5.41, 5.74) is 6.86. The molecule has 3 nitrogen and oxygen atoms in total. The molecule has 0 fully saturated rings. The summed E-state index contributed by atoms with van der Waals surface area (Å²) in [5.74, 6) is -0.106. The van der Waals surface area contributed by atoms with Crippen molar-refractivity contribution in [2.75, 3.05) is 0 Å². The molecule has 0 aliphatic heterocycles. The Morgan fingerprint density at radius 1 is 1.24 bits per heavy atom. The molecule has 2 aromatic carbocycles. The monoisotopic (exact) mass is 392 g/mol. The third-order valence-electron chi connectivity index (χ3n) is 3.11. The average molecular weight is 392 g/mol. The number of benzene rings is 2. The Labute approximate surface area is 138 Å². The summed E-state index contributed by atoms with van der Waals surface area (Å²) >= 11 is 2.24. The van der Waals surface area contributed by atoms with Gasteiger partial charge < -0.3 is 0 Å². The number of halogens is 1. The first kappa shape index (κ1) is 15.7. The van der Waals surface area contributed by atoms with Crippen LogP contribution in [0.1, 0.15) is 22.3 Å². The first-order valence-electron chi connectivity index (χ1n) is 6.68. The highest BCUT2D eigenvalue weighted by molar-refractivity contribution is 14.1. The summed E-state index contributed by atoms with van der Waals surface area (Å²) in [6.07, 6.45) is 2.00. The lowest BCUT2D eigenvalue weighted by atomic mass is 10.0. The van der Waals surface area contributed by atoms with Crippen LogP contribution >= 0.6 is 22.6 Å². The van der Waals surface area contributed by atoms with Crippen LogP contribution < -0.4 is 5.43 Å². The first-order chi connectivity index (χ1) is 10.0. The minimum Gasteiger partial charge on any atom is -0.273 e. The summed E-state index contributed by atoms with van der Waals surface area (Å²) in [6, 6.07) is 14.0. The molecule has 0 radical (unpaired) electrons. The van der Waals surface area contributed by atoms with Gasteiger partial charge in [0.2, 0.25) is 5.91 Å². The Kier molecular flexibility index (Phi) is 5.50. The maximum absolute atomic E-state index is 11.9. The molecule has 0 spiro atoms. The van der Waals surface area contributed by atoms with Gasteiger partial charge in [-0.3, -0.25) is 4.79 Å². The Hall–Kier alpha value is -1.69. The van der Waals surface area contributed by atoms with Gasteiger partial charge in [0.15, 0.2) is 0 Å². The molecule has 2 rings (SSSR count). The number of hydrazone groups is 1. The molecule has 4 heteroatoms. The normalized spacial score (nSPS) is 10.8. The van der Waals surface area contributed by atoms with Crippen LogP contribution in [0, 0.1) is 17.4 Å². The average Bonchev–Trinajstić information content (AvgIpc) is 2.43. The van der Waals surface area contributed by atoms with Crippen LogP contribution in [0.4, 0.5) is 0 Å². The van der Waals surface area contributed by atoms with Crippen LogP contribution in [0.2, 0.25) is 0 Å². The van der Waals surface area contributed by atoms with Crippen molar-refractivity contribution in [2.24, 2.45) is 5.10 Å². The smallest absolute Gasteiger partial charge is 0.244 e. The number of hydrogen-bond acceptors (Lipinski definition) is 2. The van der Waals surface area contributed by atoms with E-state index in [0.717, 1.165) is 25.8 Å². The highest BCUT2D eigenvalue weighted by Gasteiger charge is 2.05. The molecule has 0 aliphatic rings. The van der Waals surface area contributed by atoms with Crippen LogP contribution in [-0.4, -0.2) is 12.1 Å². The summed E-state index contributed by atoms with van der Waals surface area (Å²) < 4.78 is 1.14. The Morgan fingerprint density at radius 2 is 2.05 bits per heavy atom. The van der Waals surface area contributed by atoms with E-state index in [1.54, 1.807) is 6.21 Å². The van der Waals surface area contributed by atoms with E-state index in [1.165, 1.54) is 0 Å². The molecule has 1 amide bonds. The molecule has 0 aliphatic carbocycles. The zero-order chi connectivity index (χ0) is 15.2. The number of carbonyl (C=O) groups is 1. The van der Waals surface area contributed by atoms with E-state index in [9.17, 15) is 4.79 Å². The van der Waals surface area contributed by atoms with E-state index in [0.29, 0.717) is 6.42 Å². The molecule has 0 unspecified atom stereocenters. The van der Waals surface area contributed by atoms with Gasteiger partial charge in [-0.25, -0.2) is 5.43 Å². The number of nitrogens with zero attached hydrogens (tertiary/aromatic N) is 1. The van der Waals surface area contributed by atoms with Crippen molar-refractivity contribution in [1.82, 2.24) is 5.43 Å². The van der Waals surface area contributed by atoms with Crippen LogP contribution in [0.5, 0.6) is 0 Å². The number of carbonyl (C=O) groups excluding carboxylic acids is 1. The summed E-state index contributed by atoms with van der Waals surface area (Å²) in [4.78, 5) is 11.9. The lowest BCUT2D eigenvalue weighted by Crippen LogP contribution is -2.20. The van der Waals surface area contributed by atoms with Gasteiger partial charge in [-0.1, -0.05) is 35.9 Å². The third kappa shape index (κ3) is 4.97. The largest absolute Gasteiger partial charge is 0.273 e. The summed E-state index contributed by atoms with van der Waals surface area (Å²) in [5, 5.41) is 4.00. The maximum atomic E-state index is 11.9. The van der Waals surface area contributed by atoms with Crippen molar-refractivity contribution >= 4 is 34.7 Å². The van der Waals surface area contributed by atoms with Crippen LogP contribution in [0.15, 0.2) is 47.6 Å². The fourth-order valence-corrected chi connectivity index (χ4v) is 2.54. The van der Waals surface area contributed by atoms with Gasteiger partial charge in [-0.15, -0.1) is 0 Å². The SMILES string of the molecule is Cc1ccc(C)c(CC(=O)N/N=C/c2cccc(I)c2)c1. The predicted octanol–water partition coefficient (Wildman–Crippen LogP) is 3.60. The van der Waals surface area contributed by atoms with Crippen molar-refractivity contribution < 1.29 is 4.79 Å². The number of rotatable bonds is 4. The molecule has 0 saturated carbocycles. The molecule has 0 aromatic heterocycles. The molecular weight excluding hydrogens is 375 g/mol. The second-order valence-corrected chi connectivity index (χ2v) is 6.20. The summed E-state index contributed by atoms with van der Waals surface area (Å²) in [7, 11) is 0. The van der Waals surface area contributed by atoms with E-state index in [2.05, 4.69) is 33.1 Å². The zero-order valence-electron chi connectivity index (χ0n) is 12.1. The van der Waals surface area contributed by atoms with Crippen molar-refractivity contribution in [1.29, 1.82) is 0 Å². The predicted molar refractivity (Wildman–Crippen MR) is 94.5 cm³/mol. The highest BCUT2D eigenvalue weighted by atomic mass is 127. The first-order valence-corrected chi connectivity index (χ1v) is 7.76. The minimum atomic E-state index is -0.106. The van der Waals surface area contributed by atoms with E-state index in [-0.39, 0.29) is 5.91 Å². The number of amides is 1. The second kappa shape index (κ2) is 7.36. The molecular formula is C17H17IN2O. The molecule has 0 bridgehead atoms. The molecule has 1 N–H and O–H groups in total. The fourth-order valence-electron chi connectivity index (χ4n) is 1.97. The quantitative estimate of drug-likeness (QED) is 0.482. The lowest BCUT2D eigenvalue weighted by molar-refractivity contribution is -0.120. The van der Waals surface area contributed by atoms with Gasteiger partial charge in [-0.2, -0.15) is 5.10 Å². The molecule has 21 heavy (non-hydrogen) atoms. The number of hydrogen-bond donors (Lipinski definition) is 1. The van der Waals surface area contributed by atoms with Gasteiger partial charge in [0, 0.05) is 3.57 Å². The molecule has 0 atom stereocenters. The fraction of sp³-hybridized carbons (Fsp3) is 0.176. The van der Waals surface area contributed by atoms with Gasteiger partial charge in [0.25, 0.3) is 0 Å². The topological polar surface area (TPSA) is 41.5 Å². The standard InChI is InChI=1S/C17H17IN2O/c1-12-6-7-13(2)15(8-12)10-17(21)20-19-11-14-4-3-5-16(18)9-14/h3-9,11H,10H2,1-2H3,(H,20,21)/b19-11+. The van der Waals surface area contributed by atoms with Crippen molar-refractivity contribution in [2.45, 2.75) is 20.3 Å². The van der Waals surface area contributed by atoms with Crippen LogP contribution in [-0.2, 0) is 11.2 Å². The Morgan fingerprint density at radius 3 is 2.81 bits per heavy atom. The third-order valence-corrected chi connectivity index (χ3v) is 3.78. The van der Waals surface area contributed by atoms with Crippen molar-refractivity contribution in [3.8, 4) is 0 Å². The zero-order valence-corrected chi connectivity index (χ0v) is 14.2. The molecule has 0 saturated heterocycles. The van der Waals surface area contributed by atoms with Crippen LogP contribution in [0.3, 0.4) is 0 Å². The minimum absolute atomic E-state index is 0.106. The molecule has 108 valence electrons. The number of aryl methyl sites for hydroxylation is 2. The van der Waals surface area contributed by atoms with E-state index < -0.39 is 0 Å². The Bertz CT molecular complexity index is 680. The maximum Gasteiger partial charge on any atom is 0.244 e.